The Labute approximate surface area is 169 Å². The molecule has 29 heavy (non-hydrogen) atoms. The van der Waals surface area contributed by atoms with Crippen LogP contribution >= 0.6 is 11.3 Å². The summed E-state index contributed by atoms with van der Waals surface area (Å²) in [6.07, 6.45) is -0.0940. The van der Waals surface area contributed by atoms with Gasteiger partial charge in [0.1, 0.15) is 12.1 Å². The van der Waals surface area contributed by atoms with Crippen LogP contribution in [-0.4, -0.2) is 52.6 Å². The van der Waals surface area contributed by atoms with Crippen molar-refractivity contribution >= 4 is 44.5 Å². The van der Waals surface area contributed by atoms with Gasteiger partial charge in [-0.25, -0.2) is 9.29 Å². The molecule has 0 aliphatic carbocycles. The van der Waals surface area contributed by atoms with Gasteiger partial charge >= 0.3 is 10.3 Å². The second-order valence-corrected chi connectivity index (χ2v) is 8.40. The van der Waals surface area contributed by atoms with Gasteiger partial charge in [0, 0.05) is 5.38 Å². The molecular weight excluding hydrogens is 422 g/mol. The molecule has 2 heterocycles. The average Bonchev–Trinajstić information content (AvgIpc) is 3.06. The van der Waals surface area contributed by atoms with Crippen molar-refractivity contribution in [3.63, 3.8) is 0 Å². The molecule has 0 spiro atoms. The van der Waals surface area contributed by atoms with E-state index in [4.69, 9.17) is 10.3 Å². The van der Waals surface area contributed by atoms with Gasteiger partial charge < -0.3 is 16.4 Å². The van der Waals surface area contributed by atoms with Crippen LogP contribution < -0.4 is 16.4 Å². The van der Waals surface area contributed by atoms with Crippen LogP contribution in [0.1, 0.15) is 17.3 Å². The Morgan fingerprint density at radius 3 is 2.59 bits per heavy atom. The molecule has 0 radical (unpaired) electrons. The third-order valence-electron chi connectivity index (χ3n) is 4.10. The fourth-order valence-electron chi connectivity index (χ4n) is 2.69. The van der Waals surface area contributed by atoms with Crippen molar-refractivity contribution in [3.05, 3.63) is 47.0 Å². The summed E-state index contributed by atoms with van der Waals surface area (Å²) in [7, 11) is -4.66. The number of amides is 3. The molecule has 2 atom stereocenters. The van der Waals surface area contributed by atoms with Gasteiger partial charge in [0.15, 0.2) is 5.13 Å². The van der Waals surface area contributed by atoms with E-state index in [0.717, 1.165) is 0 Å². The summed E-state index contributed by atoms with van der Waals surface area (Å²) in [4.78, 5) is 40.9. The number of nitrogens with one attached hydrogen (secondary N) is 2. The van der Waals surface area contributed by atoms with E-state index in [2.05, 4.69) is 15.6 Å². The molecule has 1 saturated heterocycles. The number of β-lactam (4-membered cyclic amide) rings is 1. The second-order valence-electron chi connectivity index (χ2n) is 6.17. The molecule has 3 amide bonds. The van der Waals surface area contributed by atoms with Crippen LogP contribution in [0.5, 0.6) is 0 Å². The highest BCUT2D eigenvalue weighted by atomic mass is 32.2. The molecule has 2 aromatic rings. The molecule has 3 rings (SSSR count). The molecule has 5 N–H and O–H groups in total. The number of thiazole rings is 1. The molecule has 13 heteroatoms. The van der Waals surface area contributed by atoms with E-state index >= 15 is 0 Å². The molecule has 11 nitrogen and oxygen atoms in total. The SMILES string of the molecule is Nc1nc(CC(=O)NC(C(=O)NC2CN(S(=O)(=O)O)C2=O)c2ccccc2)cs1. The Kier molecular flexibility index (Phi) is 5.81. The molecule has 0 saturated carbocycles. The zero-order chi connectivity index (χ0) is 21.2. The van der Waals surface area contributed by atoms with Crippen LogP contribution in [0.15, 0.2) is 35.7 Å². The first-order valence-corrected chi connectivity index (χ1v) is 10.6. The van der Waals surface area contributed by atoms with E-state index in [-0.39, 0.29) is 10.7 Å². The quantitative estimate of drug-likeness (QED) is 0.322. The number of carbonyl (C=O) groups is 3. The first kappa shape index (κ1) is 20.7. The van der Waals surface area contributed by atoms with Crippen LogP contribution in [0.2, 0.25) is 0 Å². The molecule has 1 aliphatic heterocycles. The van der Waals surface area contributed by atoms with E-state index in [0.29, 0.717) is 16.4 Å². The van der Waals surface area contributed by atoms with E-state index in [1.54, 1.807) is 35.7 Å². The van der Waals surface area contributed by atoms with Crippen molar-refractivity contribution in [1.82, 2.24) is 19.9 Å². The van der Waals surface area contributed by atoms with E-state index < -0.39 is 46.7 Å². The van der Waals surface area contributed by atoms with Gasteiger partial charge in [-0.2, -0.15) is 8.42 Å². The van der Waals surface area contributed by atoms with E-state index in [1.807, 2.05) is 0 Å². The average molecular weight is 439 g/mol. The Balaban J connectivity index is 1.70. The summed E-state index contributed by atoms with van der Waals surface area (Å²) >= 11 is 1.19. The molecule has 1 aromatic heterocycles. The van der Waals surface area contributed by atoms with Crippen molar-refractivity contribution in [2.24, 2.45) is 0 Å². The number of rotatable bonds is 7. The lowest BCUT2D eigenvalue weighted by Crippen LogP contribution is -2.66. The first-order valence-electron chi connectivity index (χ1n) is 8.28. The largest absolute Gasteiger partial charge is 0.375 e. The molecule has 2 unspecified atom stereocenters. The van der Waals surface area contributed by atoms with Gasteiger partial charge in [-0.15, -0.1) is 11.3 Å². The lowest BCUT2D eigenvalue weighted by Gasteiger charge is -2.36. The number of carbonyl (C=O) groups excluding carboxylic acids is 3. The molecule has 1 fully saturated rings. The van der Waals surface area contributed by atoms with Crippen molar-refractivity contribution in [3.8, 4) is 0 Å². The molecule has 154 valence electrons. The molecule has 1 aliphatic rings. The van der Waals surface area contributed by atoms with Gasteiger partial charge in [0.2, 0.25) is 11.8 Å². The number of anilines is 1. The monoisotopic (exact) mass is 439 g/mol. The Bertz CT molecular complexity index is 1040. The predicted molar refractivity (Wildman–Crippen MR) is 103 cm³/mol. The topological polar surface area (TPSA) is 172 Å². The summed E-state index contributed by atoms with van der Waals surface area (Å²) in [6, 6.07) is 6.10. The molecular formula is C16H17N5O6S2. The lowest BCUT2D eigenvalue weighted by molar-refractivity contribution is -0.141. The van der Waals surface area contributed by atoms with Crippen LogP contribution in [0.3, 0.4) is 0 Å². The fraction of sp³-hybridized carbons (Fsp3) is 0.250. The van der Waals surface area contributed by atoms with Gasteiger partial charge in [0.25, 0.3) is 5.91 Å². The third kappa shape index (κ3) is 4.88. The molecule has 1 aromatic carbocycles. The Morgan fingerprint density at radius 2 is 2.03 bits per heavy atom. The number of nitrogens with zero attached hydrogens (tertiary/aromatic N) is 2. The maximum absolute atomic E-state index is 12.7. The fourth-order valence-corrected chi connectivity index (χ4v) is 3.95. The normalized spacial score (nSPS) is 17.3. The summed E-state index contributed by atoms with van der Waals surface area (Å²) in [5, 5.41) is 6.91. The minimum atomic E-state index is -4.66. The predicted octanol–water partition coefficient (Wildman–Crippen LogP) is -0.745. The second kappa shape index (κ2) is 8.14. The summed E-state index contributed by atoms with van der Waals surface area (Å²) in [6.45, 7) is -0.392. The van der Waals surface area contributed by atoms with Crippen molar-refractivity contribution in [2.75, 3.05) is 12.3 Å². The number of hydrogen-bond acceptors (Lipinski definition) is 8. The smallest absolute Gasteiger partial charge is 0.362 e. The standard InChI is InChI=1S/C16H17N5O6S2/c17-16-18-10(8-28-16)6-12(22)20-13(9-4-2-1-3-5-9)14(23)19-11-7-21(15(11)24)29(25,26)27/h1-5,8,11,13H,6-7H2,(H2,17,18)(H,19,23)(H,20,22)(H,25,26,27). The minimum Gasteiger partial charge on any atom is -0.375 e. The molecule has 0 bridgehead atoms. The van der Waals surface area contributed by atoms with Crippen LogP contribution in [-0.2, 0) is 31.1 Å². The minimum absolute atomic E-state index is 0.0940. The third-order valence-corrected chi connectivity index (χ3v) is 5.71. The number of nitrogen functional groups attached to an aromatic ring is 1. The number of nitrogens with two attached hydrogens (primary N) is 1. The van der Waals surface area contributed by atoms with Gasteiger partial charge in [-0.05, 0) is 5.56 Å². The summed E-state index contributed by atoms with van der Waals surface area (Å²) in [5.41, 5.74) is 6.46. The van der Waals surface area contributed by atoms with Gasteiger partial charge in [0.05, 0.1) is 18.7 Å². The van der Waals surface area contributed by atoms with Crippen LogP contribution in [0.25, 0.3) is 0 Å². The van der Waals surface area contributed by atoms with Crippen molar-refractivity contribution in [1.29, 1.82) is 0 Å². The first-order chi connectivity index (χ1) is 13.6. The highest BCUT2D eigenvalue weighted by molar-refractivity contribution is 7.84. The van der Waals surface area contributed by atoms with Gasteiger partial charge in [-0.1, -0.05) is 30.3 Å². The number of aromatic nitrogens is 1. The summed E-state index contributed by atoms with van der Waals surface area (Å²) < 4.78 is 31.2. The summed E-state index contributed by atoms with van der Waals surface area (Å²) in [5.74, 6) is -2.15. The van der Waals surface area contributed by atoms with Crippen molar-refractivity contribution < 1.29 is 27.4 Å². The number of hydrogen-bond donors (Lipinski definition) is 4. The van der Waals surface area contributed by atoms with Gasteiger partial charge in [-0.3, -0.25) is 18.9 Å². The van der Waals surface area contributed by atoms with Crippen LogP contribution in [0, 0.1) is 0 Å². The maximum Gasteiger partial charge on any atom is 0.362 e. The lowest BCUT2D eigenvalue weighted by atomic mass is 10.0. The van der Waals surface area contributed by atoms with Crippen molar-refractivity contribution in [2.45, 2.75) is 18.5 Å². The zero-order valence-electron chi connectivity index (χ0n) is 14.8. The number of benzene rings is 1. The van der Waals surface area contributed by atoms with E-state index in [1.165, 1.54) is 11.3 Å². The Morgan fingerprint density at radius 1 is 1.34 bits per heavy atom. The zero-order valence-corrected chi connectivity index (χ0v) is 16.4. The highest BCUT2D eigenvalue weighted by Gasteiger charge is 2.45. The maximum atomic E-state index is 12.7. The van der Waals surface area contributed by atoms with Crippen LogP contribution in [0.4, 0.5) is 5.13 Å². The Hall–Kier alpha value is -3.03. The van der Waals surface area contributed by atoms with E-state index in [9.17, 15) is 22.8 Å². The highest BCUT2D eigenvalue weighted by Crippen LogP contribution is 2.18.